The van der Waals surface area contributed by atoms with E-state index in [1.54, 1.807) is 12.0 Å². The number of aliphatic carboxylic acids is 1. The van der Waals surface area contributed by atoms with E-state index in [0.717, 1.165) is 36.1 Å². The molecule has 1 unspecified atom stereocenters. The summed E-state index contributed by atoms with van der Waals surface area (Å²) in [6.45, 7) is 0.385. The number of nitrogens with zero attached hydrogens (tertiary/aromatic N) is 1. The van der Waals surface area contributed by atoms with Gasteiger partial charge in [0.25, 0.3) is 5.91 Å². The predicted octanol–water partition coefficient (Wildman–Crippen LogP) is 3.44. The number of benzene rings is 2. The Hall–Kier alpha value is -3.12. The van der Waals surface area contributed by atoms with Crippen LogP contribution in [0, 0.1) is 0 Å². The number of anilines is 1. The summed E-state index contributed by atoms with van der Waals surface area (Å²) < 4.78 is 5.56. The minimum atomic E-state index is -0.823. The molecule has 0 saturated carbocycles. The molecule has 1 heterocycles. The van der Waals surface area contributed by atoms with Crippen LogP contribution in [0.3, 0.4) is 0 Å². The number of fused-ring (bicyclic) bond motifs is 1. The number of aryl methyl sites for hydroxylation is 2. The van der Waals surface area contributed by atoms with Gasteiger partial charge in [-0.1, -0.05) is 30.3 Å². The van der Waals surface area contributed by atoms with Crippen LogP contribution in [-0.2, 0) is 27.2 Å². The normalized spacial score (nSPS) is 18.5. The van der Waals surface area contributed by atoms with Gasteiger partial charge in [0, 0.05) is 18.2 Å². The highest BCUT2D eigenvalue weighted by atomic mass is 16.5. The van der Waals surface area contributed by atoms with Gasteiger partial charge in [0.2, 0.25) is 0 Å². The zero-order valence-corrected chi connectivity index (χ0v) is 17.1. The monoisotopic (exact) mass is 406 g/mol. The van der Waals surface area contributed by atoms with Gasteiger partial charge in [0.15, 0.2) is 0 Å². The van der Waals surface area contributed by atoms with Crippen LogP contribution in [0.5, 0.6) is 0 Å². The first-order valence-corrected chi connectivity index (χ1v) is 10.3. The van der Waals surface area contributed by atoms with Crippen LogP contribution in [0.25, 0.3) is 5.57 Å². The van der Waals surface area contributed by atoms with Gasteiger partial charge in [-0.3, -0.25) is 9.59 Å². The molecular weight excluding hydrogens is 380 g/mol. The van der Waals surface area contributed by atoms with Crippen molar-refractivity contribution in [3.05, 3.63) is 70.5 Å². The Bertz CT molecular complexity index is 1010. The first-order chi connectivity index (χ1) is 14.5. The summed E-state index contributed by atoms with van der Waals surface area (Å²) in [6.07, 6.45) is 3.58. The highest BCUT2D eigenvalue weighted by Gasteiger charge is 2.34. The Morgan fingerprint density at radius 2 is 2.00 bits per heavy atom. The number of hydrogen-bond acceptors (Lipinski definition) is 4. The molecule has 1 amide bonds. The number of carbonyl (C=O) groups excluding carboxylic acids is 1. The summed E-state index contributed by atoms with van der Waals surface area (Å²) in [5.74, 6) is -0.283. The minimum Gasteiger partial charge on any atom is -0.498 e. The summed E-state index contributed by atoms with van der Waals surface area (Å²) in [4.78, 5) is 25.8. The zero-order chi connectivity index (χ0) is 21.3. The molecule has 2 aromatic rings. The fourth-order valence-corrected chi connectivity index (χ4v) is 4.30. The summed E-state index contributed by atoms with van der Waals surface area (Å²) >= 11 is 0. The number of methoxy groups -OCH3 is 1. The molecule has 1 aliphatic carbocycles. The molecule has 0 saturated heterocycles. The lowest BCUT2D eigenvalue weighted by Crippen LogP contribution is -2.27. The number of carboxylic acid groups (broad SMARTS) is 1. The summed E-state index contributed by atoms with van der Waals surface area (Å²) in [6, 6.07) is 13.6. The topological polar surface area (TPSA) is 92.9 Å². The maximum atomic E-state index is 13.3. The molecule has 6 heteroatoms. The third-order valence-corrected chi connectivity index (χ3v) is 5.96. The van der Waals surface area contributed by atoms with Gasteiger partial charge in [-0.15, -0.1) is 0 Å². The first-order valence-electron chi connectivity index (χ1n) is 10.3. The number of nitrogens with two attached hydrogens (primary N) is 1. The molecule has 30 heavy (non-hydrogen) atoms. The second-order valence-electron chi connectivity index (χ2n) is 7.87. The number of ether oxygens (including phenoxy) is 1. The van der Waals surface area contributed by atoms with E-state index in [1.165, 1.54) is 11.1 Å². The lowest BCUT2D eigenvalue weighted by molar-refractivity contribution is -0.137. The van der Waals surface area contributed by atoms with E-state index in [2.05, 4.69) is 6.07 Å². The molecule has 0 radical (unpaired) electrons. The van der Waals surface area contributed by atoms with E-state index in [0.29, 0.717) is 24.3 Å². The average Bonchev–Trinajstić information content (AvgIpc) is 3.09. The van der Waals surface area contributed by atoms with Crippen molar-refractivity contribution in [2.45, 2.75) is 38.1 Å². The number of carboxylic acids is 1. The van der Waals surface area contributed by atoms with Gasteiger partial charge >= 0.3 is 5.97 Å². The van der Waals surface area contributed by atoms with Gasteiger partial charge in [-0.25, -0.2) is 0 Å². The minimum absolute atomic E-state index is 0.0694. The molecule has 2 aromatic carbocycles. The SMILES string of the molecule is COC1=C(c2ccc(CCC(=O)O)cc2)C(=O)N(c2ccc3c(c2)CCCC3N)C1. The van der Waals surface area contributed by atoms with Gasteiger partial charge in [-0.05, 0) is 60.1 Å². The van der Waals surface area contributed by atoms with E-state index in [9.17, 15) is 9.59 Å². The molecule has 0 fully saturated rings. The van der Waals surface area contributed by atoms with Crippen LogP contribution < -0.4 is 10.6 Å². The van der Waals surface area contributed by atoms with Crippen LogP contribution in [0.2, 0.25) is 0 Å². The van der Waals surface area contributed by atoms with E-state index in [-0.39, 0.29) is 18.4 Å². The maximum Gasteiger partial charge on any atom is 0.303 e. The molecule has 4 rings (SSSR count). The molecular formula is C24H26N2O4. The predicted molar refractivity (Wildman–Crippen MR) is 115 cm³/mol. The second-order valence-corrected chi connectivity index (χ2v) is 7.87. The average molecular weight is 406 g/mol. The van der Waals surface area contributed by atoms with Crippen molar-refractivity contribution in [3.8, 4) is 0 Å². The van der Waals surface area contributed by atoms with Crippen molar-refractivity contribution in [1.29, 1.82) is 0 Å². The number of carbonyl (C=O) groups is 2. The smallest absolute Gasteiger partial charge is 0.303 e. The van der Waals surface area contributed by atoms with E-state index in [1.807, 2.05) is 36.4 Å². The van der Waals surface area contributed by atoms with Crippen molar-refractivity contribution in [1.82, 2.24) is 0 Å². The third-order valence-electron chi connectivity index (χ3n) is 5.96. The van der Waals surface area contributed by atoms with Gasteiger partial charge < -0.3 is 20.5 Å². The zero-order valence-electron chi connectivity index (χ0n) is 17.1. The van der Waals surface area contributed by atoms with Gasteiger partial charge in [0.1, 0.15) is 5.76 Å². The number of rotatable bonds is 6. The molecule has 1 aliphatic heterocycles. The van der Waals surface area contributed by atoms with Gasteiger partial charge in [0.05, 0.1) is 19.2 Å². The second kappa shape index (κ2) is 8.32. The molecule has 0 spiro atoms. The van der Waals surface area contributed by atoms with Crippen molar-refractivity contribution >= 4 is 23.1 Å². The standard InChI is InChI=1S/C24H26N2O4/c1-30-21-14-26(18-10-11-19-17(13-18)3-2-4-20(19)25)24(29)23(21)16-8-5-15(6-9-16)7-12-22(27)28/h5-6,8-11,13,20H,2-4,7,12,14,25H2,1H3,(H,27,28). The number of amides is 1. The highest BCUT2D eigenvalue weighted by molar-refractivity contribution is 6.29. The molecule has 3 N–H and O–H groups in total. The lowest BCUT2D eigenvalue weighted by Gasteiger charge is -2.25. The van der Waals surface area contributed by atoms with Crippen LogP contribution in [0.15, 0.2) is 48.2 Å². The summed E-state index contributed by atoms with van der Waals surface area (Å²) in [5, 5.41) is 8.85. The van der Waals surface area contributed by atoms with Crippen LogP contribution in [0.1, 0.15) is 47.6 Å². The molecule has 6 nitrogen and oxygen atoms in total. The van der Waals surface area contributed by atoms with E-state index < -0.39 is 5.97 Å². The maximum absolute atomic E-state index is 13.3. The Kier molecular flexibility index (Phi) is 5.59. The molecule has 1 atom stereocenters. The van der Waals surface area contributed by atoms with Crippen molar-refractivity contribution in [2.75, 3.05) is 18.6 Å². The quantitative estimate of drug-likeness (QED) is 0.767. The van der Waals surface area contributed by atoms with Gasteiger partial charge in [-0.2, -0.15) is 0 Å². The molecule has 0 bridgehead atoms. The highest BCUT2D eigenvalue weighted by Crippen LogP contribution is 2.36. The third kappa shape index (κ3) is 3.83. The fourth-order valence-electron chi connectivity index (χ4n) is 4.30. The fraction of sp³-hybridized carbons (Fsp3) is 0.333. The van der Waals surface area contributed by atoms with Crippen LogP contribution in [-0.4, -0.2) is 30.6 Å². The Morgan fingerprint density at radius 3 is 2.70 bits per heavy atom. The Balaban J connectivity index is 1.58. The van der Waals surface area contributed by atoms with E-state index >= 15 is 0 Å². The Labute approximate surface area is 175 Å². The van der Waals surface area contributed by atoms with Crippen molar-refractivity contribution < 1.29 is 19.4 Å². The van der Waals surface area contributed by atoms with Crippen molar-refractivity contribution in [3.63, 3.8) is 0 Å². The van der Waals surface area contributed by atoms with Crippen molar-refractivity contribution in [2.24, 2.45) is 5.73 Å². The lowest BCUT2D eigenvalue weighted by atomic mass is 9.88. The van der Waals surface area contributed by atoms with E-state index in [4.69, 9.17) is 15.6 Å². The van der Waals surface area contributed by atoms with Crippen LogP contribution in [0.4, 0.5) is 5.69 Å². The Morgan fingerprint density at radius 1 is 1.23 bits per heavy atom. The summed E-state index contributed by atoms with van der Waals surface area (Å²) in [5.41, 5.74) is 11.7. The largest absolute Gasteiger partial charge is 0.498 e. The molecule has 156 valence electrons. The number of hydrogen-bond donors (Lipinski definition) is 2. The first kappa shape index (κ1) is 20.2. The molecule has 2 aliphatic rings. The van der Waals surface area contributed by atoms with Crippen LogP contribution >= 0.6 is 0 Å². The summed E-state index contributed by atoms with van der Waals surface area (Å²) in [7, 11) is 1.58. The molecule has 0 aromatic heterocycles.